The van der Waals surface area contributed by atoms with Crippen LogP contribution >= 0.6 is 15.9 Å². The van der Waals surface area contributed by atoms with Crippen LogP contribution in [0.1, 0.15) is 18.6 Å². The van der Waals surface area contributed by atoms with Crippen molar-refractivity contribution in [1.29, 1.82) is 0 Å². The lowest BCUT2D eigenvalue weighted by Crippen LogP contribution is -1.98. The van der Waals surface area contributed by atoms with Crippen LogP contribution in [0, 0.1) is 0 Å². The summed E-state index contributed by atoms with van der Waals surface area (Å²) in [5.41, 5.74) is 4.03. The summed E-state index contributed by atoms with van der Waals surface area (Å²) in [5.74, 6) is 0. The van der Waals surface area contributed by atoms with Gasteiger partial charge in [-0.1, -0.05) is 36.4 Å². The molecule has 1 aromatic heterocycles. The van der Waals surface area contributed by atoms with Crippen LogP contribution in [0.2, 0.25) is 0 Å². The predicted molar refractivity (Wildman–Crippen MR) is 87.3 cm³/mol. The molecule has 0 spiro atoms. The third kappa shape index (κ3) is 2.91. The second-order valence-electron chi connectivity index (χ2n) is 4.93. The van der Waals surface area contributed by atoms with Crippen molar-refractivity contribution < 1.29 is 5.11 Å². The number of hydrogen-bond donors (Lipinski definition) is 1. The highest BCUT2D eigenvalue weighted by molar-refractivity contribution is 9.10. The molecule has 0 saturated carbocycles. The van der Waals surface area contributed by atoms with Crippen molar-refractivity contribution in [2.75, 3.05) is 0 Å². The molecule has 1 N–H and O–H groups in total. The van der Waals surface area contributed by atoms with E-state index >= 15 is 0 Å². The molecule has 0 radical (unpaired) electrons. The van der Waals surface area contributed by atoms with Crippen LogP contribution in [0.15, 0.2) is 65.4 Å². The van der Waals surface area contributed by atoms with Gasteiger partial charge in [-0.15, -0.1) is 0 Å². The number of aliphatic hydroxyl groups excluding tert-OH is 1. The molecule has 0 aliphatic carbocycles. The summed E-state index contributed by atoms with van der Waals surface area (Å²) in [7, 11) is 0. The Kier molecular flexibility index (Phi) is 3.90. The molecule has 0 aliphatic rings. The fourth-order valence-corrected chi connectivity index (χ4v) is 2.78. The Labute approximate surface area is 132 Å². The Morgan fingerprint density at radius 2 is 1.86 bits per heavy atom. The van der Waals surface area contributed by atoms with E-state index in [1.807, 2.05) is 53.5 Å². The van der Waals surface area contributed by atoms with Crippen LogP contribution in [-0.4, -0.2) is 14.9 Å². The van der Waals surface area contributed by atoms with Gasteiger partial charge in [0.15, 0.2) is 0 Å². The molecular formula is C17H15BrN2O. The number of halogens is 1. The summed E-state index contributed by atoms with van der Waals surface area (Å²) in [6.45, 7) is 1.75. The normalized spacial score (nSPS) is 12.3. The lowest BCUT2D eigenvalue weighted by Gasteiger charge is -2.09. The van der Waals surface area contributed by atoms with Gasteiger partial charge in [-0.05, 0) is 46.1 Å². The Morgan fingerprint density at radius 3 is 2.52 bits per heavy atom. The highest BCUT2D eigenvalue weighted by atomic mass is 79.9. The van der Waals surface area contributed by atoms with Gasteiger partial charge < -0.3 is 5.11 Å². The summed E-state index contributed by atoms with van der Waals surface area (Å²) >= 11 is 3.55. The minimum atomic E-state index is -0.479. The van der Waals surface area contributed by atoms with E-state index in [0.717, 1.165) is 26.9 Å². The van der Waals surface area contributed by atoms with E-state index in [-0.39, 0.29) is 0 Å². The average molecular weight is 343 g/mol. The summed E-state index contributed by atoms with van der Waals surface area (Å²) in [6, 6.07) is 15.9. The molecule has 106 valence electrons. The molecule has 0 fully saturated rings. The second-order valence-corrected chi connectivity index (χ2v) is 5.78. The van der Waals surface area contributed by atoms with Crippen molar-refractivity contribution in [2.45, 2.75) is 13.0 Å². The molecule has 3 nitrogen and oxygen atoms in total. The van der Waals surface area contributed by atoms with Crippen molar-refractivity contribution in [3.05, 3.63) is 71.0 Å². The minimum absolute atomic E-state index is 0.479. The Bertz CT molecular complexity index is 750. The largest absolute Gasteiger partial charge is 0.389 e. The van der Waals surface area contributed by atoms with Crippen LogP contribution < -0.4 is 0 Å². The van der Waals surface area contributed by atoms with E-state index in [4.69, 9.17) is 0 Å². The molecule has 0 saturated heterocycles. The number of rotatable bonds is 3. The number of hydrogen-bond acceptors (Lipinski definition) is 2. The SMILES string of the molecule is CC(O)c1ccc(-n2cc(-c3ccccc3)cn2)c(Br)c1. The molecule has 4 heteroatoms. The molecule has 21 heavy (non-hydrogen) atoms. The van der Waals surface area contributed by atoms with Gasteiger partial charge in [0, 0.05) is 16.2 Å². The summed E-state index contributed by atoms with van der Waals surface area (Å²) in [5, 5.41) is 14.0. The molecular weight excluding hydrogens is 328 g/mol. The second kappa shape index (κ2) is 5.84. The van der Waals surface area contributed by atoms with Crippen LogP contribution in [0.25, 0.3) is 16.8 Å². The van der Waals surface area contributed by atoms with E-state index in [9.17, 15) is 5.11 Å². The first-order valence-corrected chi connectivity index (χ1v) is 7.52. The molecule has 1 atom stereocenters. The molecule has 0 amide bonds. The van der Waals surface area contributed by atoms with Crippen molar-refractivity contribution in [3.8, 4) is 16.8 Å². The highest BCUT2D eigenvalue weighted by Crippen LogP contribution is 2.26. The minimum Gasteiger partial charge on any atom is -0.389 e. The maximum absolute atomic E-state index is 9.62. The molecule has 3 rings (SSSR count). The zero-order valence-electron chi connectivity index (χ0n) is 11.6. The van der Waals surface area contributed by atoms with Gasteiger partial charge >= 0.3 is 0 Å². The zero-order chi connectivity index (χ0) is 14.8. The number of nitrogens with zero attached hydrogens (tertiary/aromatic N) is 2. The Morgan fingerprint density at radius 1 is 1.10 bits per heavy atom. The fourth-order valence-electron chi connectivity index (χ4n) is 2.20. The molecule has 2 aromatic carbocycles. The van der Waals surface area contributed by atoms with Gasteiger partial charge in [0.2, 0.25) is 0 Å². The van der Waals surface area contributed by atoms with Gasteiger partial charge in [0.1, 0.15) is 0 Å². The van der Waals surface area contributed by atoms with Gasteiger partial charge in [-0.2, -0.15) is 5.10 Å². The monoisotopic (exact) mass is 342 g/mol. The molecule has 1 heterocycles. The van der Waals surface area contributed by atoms with E-state index in [1.165, 1.54) is 0 Å². The summed E-state index contributed by atoms with van der Waals surface area (Å²) in [6.07, 6.45) is 3.37. The van der Waals surface area contributed by atoms with Gasteiger partial charge in [0.25, 0.3) is 0 Å². The van der Waals surface area contributed by atoms with E-state index in [0.29, 0.717) is 0 Å². The van der Waals surface area contributed by atoms with E-state index < -0.39 is 6.10 Å². The van der Waals surface area contributed by atoms with Crippen LogP contribution in [0.4, 0.5) is 0 Å². The topological polar surface area (TPSA) is 38.0 Å². The molecule has 3 aromatic rings. The average Bonchev–Trinajstić information content (AvgIpc) is 2.97. The van der Waals surface area contributed by atoms with E-state index in [1.54, 1.807) is 6.92 Å². The Balaban J connectivity index is 1.97. The van der Waals surface area contributed by atoms with Crippen LogP contribution in [-0.2, 0) is 0 Å². The maximum atomic E-state index is 9.62. The first-order chi connectivity index (χ1) is 10.1. The summed E-state index contributed by atoms with van der Waals surface area (Å²) in [4.78, 5) is 0. The Hall–Kier alpha value is -1.91. The van der Waals surface area contributed by atoms with Crippen molar-refractivity contribution in [1.82, 2.24) is 9.78 Å². The lowest BCUT2D eigenvalue weighted by molar-refractivity contribution is 0.199. The van der Waals surface area contributed by atoms with Gasteiger partial charge in [-0.25, -0.2) is 4.68 Å². The standard InChI is InChI=1S/C17H15BrN2O/c1-12(21)14-7-8-17(16(18)9-14)20-11-15(10-19-20)13-5-3-2-4-6-13/h2-12,21H,1H3. The van der Waals surface area contributed by atoms with Crippen molar-refractivity contribution >= 4 is 15.9 Å². The quantitative estimate of drug-likeness (QED) is 0.768. The molecule has 1 unspecified atom stereocenters. The van der Waals surface area contributed by atoms with Crippen LogP contribution in [0.5, 0.6) is 0 Å². The smallest absolute Gasteiger partial charge is 0.0788 e. The molecule has 0 bridgehead atoms. The highest BCUT2D eigenvalue weighted by Gasteiger charge is 2.09. The maximum Gasteiger partial charge on any atom is 0.0788 e. The van der Waals surface area contributed by atoms with Crippen molar-refractivity contribution in [3.63, 3.8) is 0 Å². The van der Waals surface area contributed by atoms with Crippen LogP contribution in [0.3, 0.4) is 0 Å². The predicted octanol–water partition coefficient (Wildman–Crippen LogP) is 4.36. The van der Waals surface area contributed by atoms with E-state index in [2.05, 4.69) is 33.2 Å². The van der Waals surface area contributed by atoms with Gasteiger partial charge in [0.05, 0.1) is 18.0 Å². The third-order valence-electron chi connectivity index (χ3n) is 3.39. The van der Waals surface area contributed by atoms with Crippen molar-refractivity contribution in [2.24, 2.45) is 0 Å². The lowest BCUT2D eigenvalue weighted by atomic mass is 10.1. The summed E-state index contributed by atoms with van der Waals surface area (Å²) < 4.78 is 2.74. The number of benzene rings is 2. The molecule has 0 aliphatic heterocycles. The third-order valence-corrected chi connectivity index (χ3v) is 4.03. The fraction of sp³-hybridized carbons (Fsp3) is 0.118. The number of aliphatic hydroxyl groups is 1. The van der Waals surface area contributed by atoms with Gasteiger partial charge in [-0.3, -0.25) is 0 Å². The first kappa shape index (κ1) is 14.0. The zero-order valence-corrected chi connectivity index (χ0v) is 13.2. The number of aromatic nitrogens is 2. The first-order valence-electron chi connectivity index (χ1n) is 6.73.